The highest BCUT2D eigenvalue weighted by atomic mass is 16.4. The molecule has 0 saturated heterocycles. The number of para-hydroxylation sites is 1. The number of carboxylic acid groups (broad SMARTS) is 1. The fourth-order valence-electron chi connectivity index (χ4n) is 2.99. The third-order valence-corrected chi connectivity index (χ3v) is 4.42. The predicted molar refractivity (Wildman–Crippen MR) is 74.4 cm³/mol. The van der Waals surface area contributed by atoms with Crippen LogP contribution in [-0.4, -0.2) is 29.1 Å². The number of carboxylic acids is 1. The Morgan fingerprint density at radius 3 is 2.60 bits per heavy atom. The van der Waals surface area contributed by atoms with E-state index in [0.717, 1.165) is 17.7 Å². The molecule has 1 atom stereocenters. The molecule has 1 heterocycles. The minimum atomic E-state index is -0.864. The fourth-order valence-corrected chi connectivity index (χ4v) is 2.99. The van der Waals surface area contributed by atoms with Crippen molar-refractivity contribution in [2.45, 2.75) is 31.2 Å². The van der Waals surface area contributed by atoms with E-state index in [0.29, 0.717) is 19.3 Å². The molecule has 2 aliphatic rings. The van der Waals surface area contributed by atoms with E-state index in [1.807, 2.05) is 24.3 Å². The van der Waals surface area contributed by atoms with Gasteiger partial charge in [0.15, 0.2) is 0 Å². The highest BCUT2D eigenvalue weighted by Gasteiger charge is 2.45. The quantitative estimate of drug-likeness (QED) is 0.847. The zero-order chi connectivity index (χ0) is 14.3. The number of rotatable bonds is 2. The van der Waals surface area contributed by atoms with E-state index in [2.05, 4.69) is 0 Å². The van der Waals surface area contributed by atoms with Gasteiger partial charge < -0.3 is 15.7 Å². The number of carbonyl (C=O) groups is 2. The fraction of sp³-hybridized carbons (Fsp3) is 0.467. The van der Waals surface area contributed by atoms with Gasteiger partial charge in [-0.05, 0) is 37.3 Å². The lowest BCUT2D eigenvalue weighted by Crippen LogP contribution is -2.61. The Morgan fingerprint density at radius 2 is 2.00 bits per heavy atom. The van der Waals surface area contributed by atoms with Crippen molar-refractivity contribution in [2.24, 2.45) is 11.7 Å². The minimum absolute atomic E-state index is 0.137. The molecule has 0 radical (unpaired) electrons. The third kappa shape index (κ3) is 1.98. The Hall–Kier alpha value is -1.88. The molecule has 3 rings (SSSR count). The first-order valence-electron chi connectivity index (χ1n) is 6.93. The average Bonchev–Trinajstić information content (AvgIpc) is 2.42. The average molecular weight is 274 g/mol. The summed E-state index contributed by atoms with van der Waals surface area (Å²) in [6, 6.07) is 7.49. The molecule has 0 aromatic heterocycles. The Morgan fingerprint density at radius 1 is 1.30 bits per heavy atom. The van der Waals surface area contributed by atoms with E-state index < -0.39 is 17.4 Å². The number of hydrogen-bond acceptors (Lipinski definition) is 3. The number of benzene rings is 1. The first-order valence-corrected chi connectivity index (χ1v) is 6.93. The molecular formula is C15H18N2O3. The summed E-state index contributed by atoms with van der Waals surface area (Å²) >= 11 is 0. The van der Waals surface area contributed by atoms with Crippen LogP contribution in [0.1, 0.15) is 24.8 Å². The molecule has 106 valence electrons. The van der Waals surface area contributed by atoms with Gasteiger partial charge in [0.05, 0.1) is 11.5 Å². The van der Waals surface area contributed by atoms with Gasteiger partial charge in [-0.25, -0.2) is 0 Å². The molecule has 1 amide bonds. The molecular weight excluding hydrogens is 256 g/mol. The van der Waals surface area contributed by atoms with Crippen molar-refractivity contribution in [3.05, 3.63) is 29.8 Å². The second-order valence-corrected chi connectivity index (χ2v) is 5.79. The first-order chi connectivity index (χ1) is 9.51. The Labute approximate surface area is 117 Å². The molecule has 0 bridgehead atoms. The van der Waals surface area contributed by atoms with E-state index in [9.17, 15) is 14.7 Å². The molecule has 5 heteroatoms. The van der Waals surface area contributed by atoms with Gasteiger partial charge in [0.25, 0.3) is 0 Å². The van der Waals surface area contributed by atoms with Crippen LogP contribution in [0, 0.1) is 5.92 Å². The van der Waals surface area contributed by atoms with Gasteiger partial charge in [-0.2, -0.15) is 0 Å². The van der Waals surface area contributed by atoms with Gasteiger partial charge in [0, 0.05) is 12.2 Å². The topological polar surface area (TPSA) is 83.6 Å². The van der Waals surface area contributed by atoms with E-state index in [-0.39, 0.29) is 12.5 Å². The van der Waals surface area contributed by atoms with Crippen LogP contribution in [0.4, 0.5) is 5.69 Å². The van der Waals surface area contributed by atoms with Crippen LogP contribution in [0.15, 0.2) is 24.3 Å². The highest BCUT2D eigenvalue weighted by molar-refractivity contribution is 6.02. The minimum Gasteiger partial charge on any atom is -0.481 e. The zero-order valence-electron chi connectivity index (χ0n) is 11.2. The lowest BCUT2D eigenvalue weighted by atomic mass is 9.76. The number of fused-ring (bicyclic) bond motifs is 1. The predicted octanol–water partition coefficient (Wildman–Crippen LogP) is 1.16. The van der Waals surface area contributed by atoms with Crippen molar-refractivity contribution in [3.63, 3.8) is 0 Å². The van der Waals surface area contributed by atoms with Gasteiger partial charge in [0.1, 0.15) is 0 Å². The summed E-state index contributed by atoms with van der Waals surface area (Å²) in [6.07, 6.45) is 2.79. The molecule has 1 aromatic rings. The second kappa shape index (κ2) is 4.59. The molecule has 0 spiro atoms. The van der Waals surface area contributed by atoms with Gasteiger partial charge in [-0.1, -0.05) is 18.2 Å². The van der Waals surface area contributed by atoms with Crippen molar-refractivity contribution < 1.29 is 14.7 Å². The van der Waals surface area contributed by atoms with E-state index in [1.54, 1.807) is 4.90 Å². The molecule has 1 aliphatic heterocycles. The molecule has 1 saturated carbocycles. The van der Waals surface area contributed by atoms with Crippen LogP contribution < -0.4 is 10.6 Å². The Kier molecular flexibility index (Phi) is 3.01. The molecule has 5 nitrogen and oxygen atoms in total. The summed E-state index contributed by atoms with van der Waals surface area (Å²) in [5.41, 5.74) is 7.04. The highest BCUT2D eigenvalue weighted by Crippen LogP contribution is 2.36. The van der Waals surface area contributed by atoms with Crippen LogP contribution in [0.5, 0.6) is 0 Å². The summed E-state index contributed by atoms with van der Waals surface area (Å²) < 4.78 is 0. The standard InChI is InChI=1S/C15H18N2O3/c16-15(6-3-7-15)14(20)17-9-11(13(18)19)8-10-4-1-2-5-12(10)17/h1-2,4-5,11H,3,6-9,16H2,(H,18,19). The molecule has 20 heavy (non-hydrogen) atoms. The Bertz CT molecular complexity index is 566. The summed E-state index contributed by atoms with van der Waals surface area (Å²) in [7, 11) is 0. The summed E-state index contributed by atoms with van der Waals surface area (Å²) in [5.74, 6) is -1.56. The number of hydrogen-bond donors (Lipinski definition) is 2. The van der Waals surface area contributed by atoms with Crippen LogP contribution in [-0.2, 0) is 16.0 Å². The van der Waals surface area contributed by atoms with Gasteiger partial charge in [0.2, 0.25) is 5.91 Å². The lowest BCUT2D eigenvalue weighted by molar-refractivity contribution is -0.141. The molecule has 1 aliphatic carbocycles. The largest absolute Gasteiger partial charge is 0.481 e. The molecule has 1 unspecified atom stereocenters. The molecule has 1 aromatic carbocycles. The maximum atomic E-state index is 12.6. The summed E-state index contributed by atoms with van der Waals surface area (Å²) in [4.78, 5) is 25.5. The SMILES string of the molecule is NC1(C(=O)N2CC(C(=O)O)Cc3ccccc32)CCC1. The van der Waals surface area contributed by atoms with Gasteiger partial charge >= 0.3 is 5.97 Å². The van der Waals surface area contributed by atoms with Crippen molar-refractivity contribution in [1.29, 1.82) is 0 Å². The number of amides is 1. The number of anilines is 1. The Balaban J connectivity index is 1.96. The van der Waals surface area contributed by atoms with Crippen LogP contribution >= 0.6 is 0 Å². The van der Waals surface area contributed by atoms with E-state index in [4.69, 9.17) is 5.73 Å². The maximum Gasteiger partial charge on any atom is 0.308 e. The zero-order valence-corrected chi connectivity index (χ0v) is 11.2. The van der Waals surface area contributed by atoms with Crippen LogP contribution in [0.2, 0.25) is 0 Å². The second-order valence-electron chi connectivity index (χ2n) is 5.79. The molecule has 1 fully saturated rings. The molecule has 3 N–H and O–H groups in total. The first kappa shape index (κ1) is 13.1. The number of nitrogens with zero attached hydrogens (tertiary/aromatic N) is 1. The van der Waals surface area contributed by atoms with Crippen LogP contribution in [0.3, 0.4) is 0 Å². The number of carbonyl (C=O) groups excluding carboxylic acids is 1. The lowest BCUT2D eigenvalue weighted by Gasteiger charge is -2.43. The number of nitrogens with two attached hydrogens (primary N) is 1. The maximum absolute atomic E-state index is 12.6. The van der Waals surface area contributed by atoms with E-state index >= 15 is 0 Å². The number of aliphatic carboxylic acids is 1. The van der Waals surface area contributed by atoms with Crippen molar-refractivity contribution in [3.8, 4) is 0 Å². The van der Waals surface area contributed by atoms with Crippen LogP contribution in [0.25, 0.3) is 0 Å². The van der Waals surface area contributed by atoms with Gasteiger partial charge in [-0.15, -0.1) is 0 Å². The monoisotopic (exact) mass is 274 g/mol. The summed E-state index contributed by atoms with van der Waals surface area (Å²) in [6.45, 7) is 0.212. The van der Waals surface area contributed by atoms with Crippen molar-refractivity contribution in [1.82, 2.24) is 0 Å². The smallest absolute Gasteiger partial charge is 0.308 e. The summed E-state index contributed by atoms with van der Waals surface area (Å²) in [5, 5.41) is 9.27. The van der Waals surface area contributed by atoms with Gasteiger partial charge in [-0.3, -0.25) is 9.59 Å². The van der Waals surface area contributed by atoms with Crippen molar-refractivity contribution in [2.75, 3.05) is 11.4 Å². The normalized spacial score (nSPS) is 23.6. The van der Waals surface area contributed by atoms with Crippen molar-refractivity contribution >= 4 is 17.6 Å². The third-order valence-electron chi connectivity index (χ3n) is 4.42. The van der Waals surface area contributed by atoms with E-state index in [1.165, 1.54) is 0 Å².